The minimum atomic E-state index is -1.07. The van der Waals surface area contributed by atoms with Crippen molar-refractivity contribution in [1.82, 2.24) is 25.3 Å². The van der Waals surface area contributed by atoms with Crippen LogP contribution in [0.4, 0.5) is 25.1 Å². The first-order valence-corrected chi connectivity index (χ1v) is 23.4. The molecule has 0 bridgehead atoms. The summed E-state index contributed by atoms with van der Waals surface area (Å²) in [4.78, 5) is 54.2. The van der Waals surface area contributed by atoms with E-state index in [1.807, 2.05) is 67.4 Å². The molecule has 17 heteroatoms. The first-order chi connectivity index (χ1) is 32.3. The molecule has 5 aromatic rings. The highest BCUT2D eigenvalue weighted by atomic mass is 35.5. The van der Waals surface area contributed by atoms with Gasteiger partial charge in [0.05, 0.1) is 23.2 Å². The maximum Gasteiger partial charge on any atom is 0.329 e. The lowest BCUT2D eigenvalue weighted by Crippen LogP contribution is -2.49. The van der Waals surface area contributed by atoms with E-state index in [-0.39, 0.29) is 70.0 Å². The Morgan fingerprint density at radius 3 is 2.43 bits per heavy atom. The number of anilines is 2. The molecule has 2 atom stereocenters. The van der Waals surface area contributed by atoms with E-state index in [0.717, 1.165) is 86.7 Å². The van der Waals surface area contributed by atoms with E-state index in [2.05, 4.69) is 21.0 Å². The number of carbonyl (C=O) groups excluding carboxylic acids is 4. The van der Waals surface area contributed by atoms with Gasteiger partial charge in [-0.15, -0.1) is 0 Å². The number of methoxy groups -OCH3 is 1. The number of amides is 5. The fourth-order valence-electron chi connectivity index (χ4n) is 10.7. The molecular formula is C50H55ClF2N8O6. The molecule has 5 amide bonds. The highest BCUT2D eigenvalue weighted by Gasteiger charge is 2.50. The molecule has 352 valence electrons. The smallest absolute Gasteiger partial charge is 0.329 e. The zero-order valence-corrected chi connectivity index (χ0v) is 38.6. The summed E-state index contributed by atoms with van der Waals surface area (Å²) in [7, 11) is 3.14. The number of benzene rings is 4. The van der Waals surface area contributed by atoms with Crippen LogP contribution in [-0.4, -0.2) is 84.3 Å². The average molecular weight is 937 g/mol. The van der Waals surface area contributed by atoms with E-state index >= 15 is 8.78 Å². The number of imide groups is 1. The fraction of sp³-hybridized carbons (Fsp3) is 0.420. The molecule has 4 heterocycles. The van der Waals surface area contributed by atoms with Crippen molar-refractivity contribution in [1.29, 1.82) is 0 Å². The molecule has 4 aliphatic rings. The van der Waals surface area contributed by atoms with Crippen LogP contribution in [0.3, 0.4) is 0 Å². The molecule has 1 aromatic heterocycles. The van der Waals surface area contributed by atoms with Crippen LogP contribution in [0.25, 0.3) is 22.0 Å². The number of aromatic nitrogens is 2. The number of hydrogen-bond acceptors (Lipinski definition) is 9. The second-order valence-electron chi connectivity index (χ2n) is 18.3. The van der Waals surface area contributed by atoms with E-state index < -0.39 is 35.1 Å². The summed E-state index contributed by atoms with van der Waals surface area (Å²) in [5.74, 6) is -2.18. The van der Waals surface area contributed by atoms with Crippen molar-refractivity contribution in [3.8, 4) is 22.6 Å². The predicted molar refractivity (Wildman–Crippen MR) is 251 cm³/mol. The summed E-state index contributed by atoms with van der Waals surface area (Å²) in [6.45, 7) is 4.80. The molecule has 5 N–H and O–H groups in total. The maximum atomic E-state index is 16.2. The second kappa shape index (κ2) is 18.8. The van der Waals surface area contributed by atoms with Gasteiger partial charge in [-0.1, -0.05) is 48.9 Å². The van der Waals surface area contributed by atoms with E-state index in [0.29, 0.717) is 23.8 Å². The van der Waals surface area contributed by atoms with Crippen molar-refractivity contribution < 1.29 is 37.4 Å². The van der Waals surface area contributed by atoms with Gasteiger partial charge in [-0.05, 0) is 86.8 Å². The van der Waals surface area contributed by atoms with Crippen molar-refractivity contribution >= 4 is 57.8 Å². The van der Waals surface area contributed by atoms with Gasteiger partial charge in [0.2, 0.25) is 17.7 Å². The number of primary amides is 1. The monoisotopic (exact) mass is 936 g/mol. The Hall–Kier alpha value is -6.26. The summed E-state index contributed by atoms with van der Waals surface area (Å²) in [6.07, 6.45) is 6.17. The third-order valence-electron chi connectivity index (χ3n) is 14.4. The topological polar surface area (TPSA) is 173 Å². The van der Waals surface area contributed by atoms with Gasteiger partial charge in [-0.2, -0.15) is 5.10 Å². The summed E-state index contributed by atoms with van der Waals surface area (Å²) in [5.41, 5.74) is 7.36. The highest BCUT2D eigenvalue weighted by molar-refractivity contribution is 6.34. The molecule has 1 aliphatic carbocycles. The van der Waals surface area contributed by atoms with Crippen molar-refractivity contribution in [3.05, 3.63) is 100 Å². The lowest BCUT2D eigenvalue weighted by molar-refractivity contribution is -0.138. The number of nitrogens with zero attached hydrogens (tertiary/aromatic N) is 4. The molecule has 3 aliphatic heterocycles. The number of hydrogen-bond donors (Lipinski definition) is 4. The van der Waals surface area contributed by atoms with Crippen LogP contribution in [-0.2, 0) is 22.2 Å². The number of nitrogens with one attached hydrogen (secondary N) is 3. The molecular weight excluding hydrogens is 882 g/mol. The summed E-state index contributed by atoms with van der Waals surface area (Å²) >= 11 is 6.69. The van der Waals surface area contributed by atoms with E-state index in [4.69, 9.17) is 26.8 Å². The Morgan fingerprint density at radius 1 is 0.985 bits per heavy atom. The quantitative estimate of drug-likeness (QED) is 0.0913. The number of nitrogens with two attached hydrogens (primary N) is 1. The highest BCUT2D eigenvalue weighted by Crippen LogP contribution is 2.56. The Labute approximate surface area is 392 Å². The molecule has 4 aromatic carbocycles. The number of piperidine rings is 1. The van der Waals surface area contributed by atoms with Crippen LogP contribution in [0.15, 0.2) is 66.7 Å². The average Bonchev–Trinajstić information content (AvgIpc) is 3.81. The summed E-state index contributed by atoms with van der Waals surface area (Å²) in [6, 6.07) is 19.1. The molecule has 3 fully saturated rings. The first-order valence-electron chi connectivity index (χ1n) is 23.0. The maximum absolute atomic E-state index is 16.2. The lowest BCUT2D eigenvalue weighted by Gasteiger charge is -2.38. The number of rotatable bonds is 13. The first kappa shape index (κ1) is 45.9. The Bertz CT molecular complexity index is 2740. The molecule has 0 radical (unpaired) electrons. The minimum Gasteiger partial charge on any atom is -0.494 e. The number of likely N-dealkylation sites (tertiary alicyclic amines) is 1. The molecule has 2 saturated heterocycles. The van der Waals surface area contributed by atoms with E-state index in [1.165, 1.54) is 30.2 Å². The van der Waals surface area contributed by atoms with Gasteiger partial charge >= 0.3 is 6.03 Å². The molecule has 9 rings (SSSR count). The van der Waals surface area contributed by atoms with Crippen molar-refractivity contribution in [2.24, 2.45) is 24.6 Å². The Kier molecular flexibility index (Phi) is 12.9. The molecule has 14 nitrogen and oxygen atoms in total. The van der Waals surface area contributed by atoms with Gasteiger partial charge in [0.25, 0.3) is 0 Å². The standard InChI is InChI=1S/C50H55ClF2N8O6/c1-28-41-39(26-36(52)44(51)43(41)42-35(46(54)63)15-16-38(66-3)45(42)53)67-50(28,31-7-5-4-6-8-31)27-56-32-11-9-30(10-12-32)48(64)60-22-18-29(19-23-60)17-21-55-33-13-14-34-37(25-33)59(2)58-47(34)61-24-20-40(62)57-49(61)65/h4-8,13-16,25-26,28-30,32,55-56H,9-12,17-24,27H2,1-3H3,(H2,54,63)(H,57,62,65). The van der Waals surface area contributed by atoms with Gasteiger partial charge in [-0.25, -0.2) is 13.6 Å². The zero-order valence-electron chi connectivity index (χ0n) is 37.8. The number of carbonyl (C=O) groups is 4. The molecule has 1 saturated carbocycles. The van der Waals surface area contributed by atoms with Crippen LogP contribution >= 0.6 is 11.6 Å². The number of fused-ring (bicyclic) bond motifs is 2. The van der Waals surface area contributed by atoms with Crippen LogP contribution < -0.4 is 36.1 Å². The number of halogens is 3. The summed E-state index contributed by atoms with van der Waals surface area (Å²) in [5, 5.41) is 14.7. The van der Waals surface area contributed by atoms with E-state index in [1.54, 1.807) is 4.68 Å². The van der Waals surface area contributed by atoms with Crippen LogP contribution in [0, 0.1) is 23.5 Å². The third kappa shape index (κ3) is 8.65. The van der Waals surface area contributed by atoms with Gasteiger partial charge in [-0.3, -0.25) is 29.3 Å². The fourth-order valence-corrected chi connectivity index (χ4v) is 10.9. The number of ether oxygens (including phenoxy) is 2. The normalized spacial score (nSPS) is 22.1. The Balaban J connectivity index is 0.798. The number of aryl methyl sites for hydroxylation is 1. The van der Waals surface area contributed by atoms with Gasteiger partial charge in [0, 0.05) is 97.9 Å². The lowest BCUT2D eigenvalue weighted by atomic mass is 9.77. The van der Waals surface area contributed by atoms with Crippen LogP contribution in [0.2, 0.25) is 5.02 Å². The van der Waals surface area contributed by atoms with Gasteiger partial charge < -0.3 is 30.7 Å². The van der Waals surface area contributed by atoms with Crippen LogP contribution in [0.5, 0.6) is 11.5 Å². The van der Waals surface area contributed by atoms with Crippen molar-refractivity contribution in [3.63, 3.8) is 0 Å². The van der Waals surface area contributed by atoms with Gasteiger partial charge in [0.1, 0.15) is 11.6 Å². The van der Waals surface area contributed by atoms with Crippen molar-refractivity contribution in [2.45, 2.75) is 75.9 Å². The predicted octanol–water partition coefficient (Wildman–Crippen LogP) is 8.01. The molecule has 67 heavy (non-hydrogen) atoms. The van der Waals surface area contributed by atoms with Gasteiger partial charge in [0.15, 0.2) is 23.0 Å². The SMILES string of the molecule is COc1ccc(C(N)=O)c(-c2c(Cl)c(F)cc3c2C(C)C(CNC2CCC(C(=O)N4CCC(CCNc5ccc6c(N7CCC(=O)NC7=O)nn(C)c6c5)CC4)CC2)(c2ccccc2)O3)c1F. The second-order valence-corrected chi connectivity index (χ2v) is 18.6. The van der Waals surface area contributed by atoms with E-state index in [9.17, 15) is 19.2 Å². The Morgan fingerprint density at radius 2 is 1.73 bits per heavy atom. The summed E-state index contributed by atoms with van der Waals surface area (Å²) < 4.78 is 45.7. The van der Waals surface area contributed by atoms with Crippen molar-refractivity contribution in [2.75, 3.05) is 50.1 Å². The minimum absolute atomic E-state index is 0.00535. The third-order valence-corrected chi connectivity index (χ3v) is 14.8. The van der Waals surface area contributed by atoms with Crippen LogP contribution in [0.1, 0.15) is 85.7 Å². The molecule has 2 unspecified atom stereocenters. The number of urea groups is 1. The molecule has 0 spiro atoms. The zero-order chi connectivity index (χ0) is 47.1. The largest absolute Gasteiger partial charge is 0.494 e.